The predicted molar refractivity (Wildman–Crippen MR) is 69.7 cm³/mol. The SMILES string of the molecule is C=C(C)CN1CCC[C@H](N2CCCCC2)C1. The van der Waals surface area contributed by atoms with E-state index in [-0.39, 0.29) is 0 Å². The minimum atomic E-state index is 0.827. The van der Waals surface area contributed by atoms with Gasteiger partial charge in [0.1, 0.15) is 0 Å². The van der Waals surface area contributed by atoms with Crippen molar-refractivity contribution in [1.82, 2.24) is 9.80 Å². The molecule has 0 aromatic rings. The largest absolute Gasteiger partial charge is 0.299 e. The standard InChI is InChI=1S/C14H26N2/c1-13(2)11-15-8-6-7-14(12-15)16-9-4-3-5-10-16/h14H,1,3-12H2,2H3/t14-/m0/s1. The molecular weight excluding hydrogens is 196 g/mol. The number of piperidine rings is 2. The molecule has 0 aliphatic carbocycles. The molecule has 0 saturated carbocycles. The second kappa shape index (κ2) is 5.83. The summed E-state index contributed by atoms with van der Waals surface area (Å²) in [5.74, 6) is 0. The van der Waals surface area contributed by atoms with Gasteiger partial charge in [-0.1, -0.05) is 18.6 Å². The third kappa shape index (κ3) is 3.33. The number of likely N-dealkylation sites (tertiary alicyclic amines) is 2. The highest BCUT2D eigenvalue weighted by Gasteiger charge is 2.25. The number of hydrogen-bond acceptors (Lipinski definition) is 2. The van der Waals surface area contributed by atoms with Crippen LogP contribution in [0, 0.1) is 0 Å². The third-order valence-electron chi connectivity index (χ3n) is 3.88. The van der Waals surface area contributed by atoms with Gasteiger partial charge in [-0.25, -0.2) is 0 Å². The molecule has 2 heterocycles. The van der Waals surface area contributed by atoms with Crippen LogP contribution in [-0.4, -0.2) is 48.6 Å². The number of rotatable bonds is 3. The fourth-order valence-electron chi connectivity index (χ4n) is 3.14. The monoisotopic (exact) mass is 222 g/mol. The Hall–Kier alpha value is -0.340. The van der Waals surface area contributed by atoms with Crippen LogP contribution in [0.25, 0.3) is 0 Å². The number of hydrogen-bond donors (Lipinski definition) is 0. The quantitative estimate of drug-likeness (QED) is 0.677. The summed E-state index contributed by atoms with van der Waals surface area (Å²) < 4.78 is 0. The molecule has 0 unspecified atom stereocenters. The van der Waals surface area contributed by atoms with E-state index in [2.05, 4.69) is 23.3 Å². The van der Waals surface area contributed by atoms with E-state index in [9.17, 15) is 0 Å². The summed E-state index contributed by atoms with van der Waals surface area (Å²) >= 11 is 0. The summed E-state index contributed by atoms with van der Waals surface area (Å²) in [7, 11) is 0. The summed E-state index contributed by atoms with van der Waals surface area (Å²) in [4.78, 5) is 5.32. The zero-order valence-electron chi connectivity index (χ0n) is 10.7. The van der Waals surface area contributed by atoms with Gasteiger partial charge in [-0.05, 0) is 52.2 Å². The van der Waals surface area contributed by atoms with Gasteiger partial charge in [0.15, 0.2) is 0 Å². The van der Waals surface area contributed by atoms with E-state index >= 15 is 0 Å². The lowest BCUT2D eigenvalue weighted by atomic mass is 10.0. The Morgan fingerprint density at radius 1 is 1.12 bits per heavy atom. The maximum absolute atomic E-state index is 4.03. The van der Waals surface area contributed by atoms with E-state index in [0.29, 0.717) is 0 Å². The maximum atomic E-state index is 4.03. The molecule has 2 aliphatic heterocycles. The molecule has 1 atom stereocenters. The molecule has 0 N–H and O–H groups in total. The Labute approximate surface area is 100 Å². The lowest BCUT2D eigenvalue weighted by Crippen LogP contribution is -2.49. The maximum Gasteiger partial charge on any atom is 0.0223 e. The Kier molecular flexibility index (Phi) is 4.42. The highest BCUT2D eigenvalue weighted by atomic mass is 15.2. The van der Waals surface area contributed by atoms with Gasteiger partial charge < -0.3 is 0 Å². The second-order valence-corrected chi connectivity index (χ2v) is 5.58. The van der Waals surface area contributed by atoms with Gasteiger partial charge in [0.05, 0.1) is 0 Å². The van der Waals surface area contributed by atoms with Crippen LogP contribution >= 0.6 is 0 Å². The summed E-state index contributed by atoms with van der Waals surface area (Å²) in [6.07, 6.45) is 7.05. The normalized spacial score (nSPS) is 29.2. The van der Waals surface area contributed by atoms with Gasteiger partial charge in [-0.3, -0.25) is 9.80 Å². The minimum Gasteiger partial charge on any atom is -0.299 e. The summed E-state index contributed by atoms with van der Waals surface area (Å²) in [5.41, 5.74) is 1.30. The summed E-state index contributed by atoms with van der Waals surface area (Å²) in [5, 5.41) is 0. The molecule has 2 nitrogen and oxygen atoms in total. The molecule has 0 radical (unpaired) electrons. The Bertz CT molecular complexity index is 231. The molecule has 0 aromatic carbocycles. The second-order valence-electron chi connectivity index (χ2n) is 5.58. The van der Waals surface area contributed by atoms with Crippen molar-refractivity contribution in [2.45, 2.75) is 45.1 Å². The number of nitrogens with zero attached hydrogens (tertiary/aromatic N) is 2. The van der Waals surface area contributed by atoms with E-state index in [1.165, 1.54) is 63.9 Å². The van der Waals surface area contributed by atoms with E-state index in [1.54, 1.807) is 0 Å². The van der Waals surface area contributed by atoms with Crippen molar-refractivity contribution < 1.29 is 0 Å². The molecule has 2 heteroatoms. The average Bonchev–Trinajstić information content (AvgIpc) is 2.30. The van der Waals surface area contributed by atoms with Crippen molar-refractivity contribution in [2.75, 3.05) is 32.7 Å². The zero-order valence-corrected chi connectivity index (χ0v) is 10.7. The van der Waals surface area contributed by atoms with Crippen LogP contribution in [0.2, 0.25) is 0 Å². The highest BCUT2D eigenvalue weighted by Crippen LogP contribution is 2.20. The fraction of sp³-hybridized carbons (Fsp3) is 0.857. The smallest absolute Gasteiger partial charge is 0.0223 e. The first-order valence-corrected chi connectivity index (χ1v) is 6.86. The zero-order chi connectivity index (χ0) is 11.4. The van der Waals surface area contributed by atoms with Gasteiger partial charge in [0.2, 0.25) is 0 Å². The Morgan fingerprint density at radius 3 is 2.56 bits per heavy atom. The Balaban J connectivity index is 1.83. The molecule has 0 spiro atoms. The lowest BCUT2D eigenvalue weighted by Gasteiger charge is -2.41. The van der Waals surface area contributed by atoms with Gasteiger partial charge in [0, 0.05) is 19.1 Å². The van der Waals surface area contributed by atoms with Crippen molar-refractivity contribution in [2.24, 2.45) is 0 Å². The van der Waals surface area contributed by atoms with Gasteiger partial charge in [-0.15, -0.1) is 0 Å². The molecule has 2 aliphatic rings. The van der Waals surface area contributed by atoms with Crippen molar-refractivity contribution in [3.8, 4) is 0 Å². The minimum absolute atomic E-state index is 0.827. The molecule has 0 aromatic heterocycles. The van der Waals surface area contributed by atoms with Crippen LogP contribution in [0.15, 0.2) is 12.2 Å². The predicted octanol–water partition coefficient (Wildman–Crippen LogP) is 2.51. The van der Waals surface area contributed by atoms with Crippen LogP contribution in [-0.2, 0) is 0 Å². The van der Waals surface area contributed by atoms with Crippen LogP contribution in [0.1, 0.15) is 39.0 Å². The first-order valence-electron chi connectivity index (χ1n) is 6.86. The van der Waals surface area contributed by atoms with E-state index in [1.807, 2.05) is 0 Å². The first kappa shape index (κ1) is 12.1. The van der Waals surface area contributed by atoms with Gasteiger partial charge in [0.25, 0.3) is 0 Å². The third-order valence-corrected chi connectivity index (χ3v) is 3.88. The van der Waals surface area contributed by atoms with E-state index in [0.717, 1.165) is 12.6 Å². The molecule has 16 heavy (non-hydrogen) atoms. The van der Waals surface area contributed by atoms with Crippen LogP contribution in [0.5, 0.6) is 0 Å². The van der Waals surface area contributed by atoms with Gasteiger partial charge >= 0.3 is 0 Å². The van der Waals surface area contributed by atoms with Crippen LogP contribution in [0.4, 0.5) is 0 Å². The van der Waals surface area contributed by atoms with Crippen molar-refractivity contribution in [3.63, 3.8) is 0 Å². The lowest BCUT2D eigenvalue weighted by molar-refractivity contribution is 0.0872. The van der Waals surface area contributed by atoms with Crippen LogP contribution in [0.3, 0.4) is 0 Å². The molecule has 0 amide bonds. The topological polar surface area (TPSA) is 6.48 Å². The first-order chi connectivity index (χ1) is 7.75. The summed E-state index contributed by atoms with van der Waals surface area (Å²) in [6.45, 7) is 12.5. The van der Waals surface area contributed by atoms with Crippen molar-refractivity contribution in [1.29, 1.82) is 0 Å². The van der Waals surface area contributed by atoms with E-state index < -0.39 is 0 Å². The fourth-order valence-corrected chi connectivity index (χ4v) is 3.14. The molecule has 92 valence electrons. The van der Waals surface area contributed by atoms with Gasteiger partial charge in [-0.2, -0.15) is 0 Å². The Morgan fingerprint density at radius 2 is 1.88 bits per heavy atom. The highest BCUT2D eigenvalue weighted by molar-refractivity contribution is 4.94. The molecule has 2 fully saturated rings. The molecular formula is C14H26N2. The van der Waals surface area contributed by atoms with Crippen LogP contribution < -0.4 is 0 Å². The van der Waals surface area contributed by atoms with E-state index in [4.69, 9.17) is 0 Å². The average molecular weight is 222 g/mol. The van der Waals surface area contributed by atoms with Crippen molar-refractivity contribution >= 4 is 0 Å². The van der Waals surface area contributed by atoms with Crippen molar-refractivity contribution in [3.05, 3.63) is 12.2 Å². The molecule has 2 saturated heterocycles. The molecule has 2 rings (SSSR count). The summed E-state index contributed by atoms with van der Waals surface area (Å²) in [6, 6.07) is 0.827. The molecule has 0 bridgehead atoms.